The summed E-state index contributed by atoms with van der Waals surface area (Å²) in [5, 5.41) is 10.2. The SMILES string of the molecule is C[C@H]1c2ccc(Cl)cc2OC[C@H]1O. The van der Waals surface area contributed by atoms with Gasteiger partial charge in [0.15, 0.2) is 0 Å². The lowest BCUT2D eigenvalue weighted by Crippen LogP contribution is -2.28. The topological polar surface area (TPSA) is 29.5 Å². The van der Waals surface area contributed by atoms with Crippen molar-refractivity contribution in [3.05, 3.63) is 28.8 Å². The van der Waals surface area contributed by atoms with Crippen LogP contribution in [-0.4, -0.2) is 17.8 Å². The van der Waals surface area contributed by atoms with Crippen molar-refractivity contribution in [3.8, 4) is 5.75 Å². The number of rotatable bonds is 0. The Morgan fingerprint density at radius 3 is 3.08 bits per heavy atom. The van der Waals surface area contributed by atoms with Gasteiger partial charge < -0.3 is 9.84 Å². The lowest BCUT2D eigenvalue weighted by molar-refractivity contribution is 0.0714. The Bertz CT molecular complexity index is 325. The number of hydrogen-bond donors (Lipinski definition) is 1. The van der Waals surface area contributed by atoms with Gasteiger partial charge >= 0.3 is 0 Å². The summed E-state index contributed by atoms with van der Waals surface area (Å²) in [5.74, 6) is 0.923. The normalized spacial score (nSPS) is 26.4. The third kappa shape index (κ3) is 1.52. The van der Waals surface area contributed by atoms with Gasteiger partial charge in [-0.05, 0) is 17.7 Å². The van der Waals surface area contributed by atoms with Crippen molar-refractivity contribution in [2.45, 2.75) is 18.9 Å². The highest BCUT2D eigenvalue weighted by molar-refractivity contribution is 6.30. The van der Waals surface area contributed by atoms with Crippen LogP contribution in [0.25, 0.3) is 0 Å². The molecule has 0 saturated carbocycles. The molecule has 1 aliphatic heterocycles. The number of benzene rings is 1. The van der Waals surface area contributed by atoms with E-state index in [0.29, 0.717) is 11.6 Å². The summed E-state index contributed by atoms with van der Waals surface area (Å²) in [7, 11) is 0. The van der Waals surface area contributed by atoms with E-state index >= 15 is 0 Å². The van der Waals surface area contributed by atoms with Crippen molar-refractivity contribution >= 4 is 11.6 Å². The number of aliphatic hydroxyl groups is 1. The predicted octanol–water partition coefficient (Wildman–Crippen LogP) is 2.20. The van der Waals surface area contributed by atoms with Gasteiger partial charge in [0.2, 0.25) is 0 Å². The lowest BCUT2D eigenvalue weighted by Gasteiger charge is -2.27. The van der Waals surface area contributed by atoms with E-state index in [1.54, 1.807) is 6.07 Å². The Hall–Kier alpha value is -0.730. The molecule has 2 atom stereocenters. The molecule has 13 heavy (non-hydrogen) atoms. The Labute approximate surface area is 82.1 Å². The lowest BCUT2D eigenvalue weighted by atomic mass is 9.93. The summed E-state index contributed by atoms with van der Waals surface area (Å²) in [6.07, 6.45) is -0.409. The molecule has 0 amide bonds. The molecule has 0 radical (unpaired) electrons. The second kappa shape index (κ2) is 3.20. The molecule has 0 aromatic heterocycles. The molecule has 0 bridgehead atoms. The Balaban J connectivity index is 2.44. The maximum absolute atomic E-state index is 9.54. The molecule has 2 rings (SSSR count). The average molecular weight is 199 g/mol. The largest absolute Gasteiger partial charge is 0.491 e. The Morgan fingerprint density at radius 1 is 1.54 bits per heavy atom. The first-order valence-corrected chi connectivity index (χ1v) is 4.66. The van der Waals surface area contributed by atoms with Crippen LogP contribution in [0.5, 0.6) is 5.75 Å². The molecule has 3 heteroatoms. The van der Waals surface area contributed by atoms with Crippen LogP contribution in [0, 0.1) is 0 Å². The summed E-state index contributed by atoms with van der Waals surface area (Å²) < 4.78 is 5.35. The molecule has 0 spiro atoms. The van der Waals surface area contributed by atoms with Gasteiger partial charge in [-0.1, -0.05) is 24.6 Å². The summed E-state index contributed by atoms with van der Waals surface area (Å²) >= 11 is 5.82. The summed E-state index contributed by atoms with van der Waals surface area (Å²) in [6.45, 7) is 2.34. The van der Waals surface area contributed by atoms with Crippen molar-refractivity contribution in [1.82, 2.24) is 0 Å². The van der Waals surface area contributed by atoms with Crippen molar-refractivity contribution in [3.63, 3.8) is 0 Å². The van der Waals surface area contributed by atoms with Crippen LogP contribution in [0.2, 0.25) is 5.02 Å². The van der Waals surface area contributed by atoms with Gasteiger partial charge in [-0.25, -0.2) is 0 Å². The smallest absolute Gasteiger partial charge is 0.124 e. The highest BCUT2D eigenvalue weighted by atomic mass is 35.5. The van der Waals surface area contributed by atoms with E-state index in [-0.39, 0.29) is 5.92 Å². The van der Waals surface area contributed by atoms with Gasteiger partial charge in [0, 0.05) is 10.9 Å². The van der Waals surface area contributed by atoms with Gasteiger partial charge in [0.1, 0.15) is 12.4 Å². The first-order chi connectivity index (χ1) is 6.18. The second-order valence-electron chi connectivity index (χ2n) is 3.35. The molecular weight excluding hydrogens is 188 g/mol. The van der Waals surface area contributed by atoms with E-state index in [1.165, 1.54) is 0 Å². The first-order valence-electron chi connectivity index (χ1n) is 4.29. The first kappa shape index (κ1) is 8.85. The van der Waals surface area contributed by atoms with Crippen molar-refractivity contribution < 1.29 is 9.84 Å². The molecule has 70 valence electrons. The van der Waals surface area contributed by atoms with Crippen LogP contribution in [0.1, 0.15) is 18.4 Å². The fraction of sp³-hybridized carbons (Fsp3) is 0.400. The highest BCUT2D eigenvalue weighted by Crippen LogP contribution is 2.35. The van der Waals surface area contributed by atoms with Crippen molar-refractivity contribution in [2.24, 2.45) is 0 Å². The molecule has 0 aliphatic carbocycles. The third-order valence-corrected chi connectivity index (χ3v) is 2.69. The fourth-order valence-electron chi connectivity index (χ4n) is 1.54. The van der Waals surface area contributed by atoms with E-state index in [1.807, 2.05) is 19.1 Å². The van der Waals surface area contributed by atoms with E-state index < -0.39 is 6.10 Å². The van der Waals surface area contributed by atoms with Crippen LogP contribution >= 0.6 is 11.6 Å². The minimum atomic E-state index is -0.409. The Kier molecular flexibility index (Phi) is 2.18. The van der Waals surface area contributed by atoms with E-state index in [0.717, 1.165) is 11.3 Å². The molecule has 0 fully saturated rings. The molecule has 2 nitrogen and oxygen atoms in total. The third-order valence-electron chi connectivity index (χ3n) is 2.45. The van der Waals surface area contributed by atoms with Crippen LogP contribution < -0.4 is 4.74 Å². The minimum Gasteiger partial charge on any atom is -0.491 e. The molecular formula is C10H11ClO2. The molecule has 1 heterocycles. The van der Waals surface area contributed by atoms with Crippen molar-refractivity contribution in [2.75, 3.05) is 6.61 Å². The molecule has 0 saturated heterocycles. The second-order valence-corrected chi connectivity index (χ2v) is 3.79. The van der Waals surface area contributed by atoms with Gasteiger partial charge in [0.05, 0.1) is 6.10 Å². The average Bonchev–Trinajstić information content (AvgIpc) is 2.12. The summed E-state index contributed by atoms with van der Waals surface area (Å²) in [4.78, 5) is 0. The monoisotopic (exact) mass is 198 g/mol. The zero-order valence-corrected chi connectivity index (χ0v) is 8.08. The zero-order chi connectivity index (χ0) is 9.42. The molecule has 1 aliphatic rings. The number of halogens is 1. The molecule has 0 unspecified atom stereocenters. The van der Waals surface area contributed by atoms with Gasteiger partial charge in [-0.3, -0.25) is 0 Å². The number of aliphatic hydroxyl groups excluding tert-OH is 1. The predicted molar refractivity (Wildman–Crippen MR) is 51.4 cm³/mol. The van der Waals surface area contributed by atoms with Gasteiger partial charge in [-0.2, -0.15) is 0 Å². The minimum absolute atomic E-state index is 0.126. The van der Waals surface area contributed by atoms with E-state index in [4.69, 9.17) is 16.3 Å². The number of ether oxygens (including phenoxy) is 1. The zero-order valence-electron chi connectivity index (χ0n) is 7.33. The Morgan fingerprint density at radius 2 is 2.31 bits per heavy atom. The maximum atomic E-state index is 9.54. The quantitative estimate of drug-likeness (QED) is 0.693. The number of fused-ring (bicyclic) bond motifs is 1. The molecule has 1 aromatic rings. The summed E-state index contributed by atoms with van der Waals surface area (Å²) in [5.41, 5.74) is 1.03. The van der Waals surface area contributed by atoms with Crippen molar-refractivity contribution in [1.29, 1.82) is 0 Å². The van der Waals surface area contributed by atoms with Gasteiger partial charge in [0.25, 0.3) is 0 Å². The van der Waals surface area contributed by atoms with E-state index in [9.17, 15) is 5.11 Å². The maximum Gasteiger partial charge on any atom is 0.124 e. The molecule has 1 N–H and O–H groups in total. The molecule has 1 aromatic carbocycles. The number of hydrogen-bond acceptors (Lipinski definition) is 2. The van der Waals surface area contributed by atoms with Crippen LogP contribution in [0.3, 0.4) is 0 Å². The van der Waals surface area contributed by atoms with Crippen LogP contribution in [0.4, 0.5) is 0 Å². The summed E-state index contributed by atoms with van der Waals surface area (Å²) in [6, 6.07) is 5.52. The van der Waals surface area contributed by atoms with Gasteiger partial charge in [-0.15, -0.1) is 0 Å². The van der Waals surface area contributed by atoms with E-state index in [2.05, 4.69) is 0 Å². The highest BCUT2D eigenvalue weighted by Gasteiger charge is 2.25. The standard InChI is InChI=1S/C10H11ClO2/c1-6-8-3-2-7(11)4-10(8)13-5-9(6)12/h2-4,6,9,12H,5H2,1H3/t6-,9+/m0/s1. The van der Waals surface area contributed by atoms with Crippen LogP contribution in [-0.2, 0) is 0 Å². The van der Waals surface area contributed by atoms with Crippen LogP contribution in [0.15, 0.2) is 18.2 Å². The fourth-order valence-corrected chi connectivity index (χ4v) is 1.70.